The van der Waals surface area contributed by atoms with Gasteiger partial charge in [0.05, 0.1) is 0 Å². The van der Waals surface area contributed by atoms with E-state index in [9.17, 15) is 4.53 Å². The Bertz CT molecular complexity index is 50.2. The minimum absolute atomic E-state index is 0. The summed E-state index contributed by atoms with van der Waals surface area (Å²) in [5, 5.41) is 7.12. The van der Waals surface area contributed by atoms with Gasteiger partial charge in [-0.2, -0.15) is 0 Å². The van der Waals surface area contributed by atoms with Crippen LogP contribution >= 0.6 is 0 Å². The Hall–Kier alpha value is 1.43. The van der Waals surface area contributed by atoms with Gasteiger partial charge in [-0.25, -0.2) is 9.74 Å². The first kappa shape index (κ1) is 15.8. The van der Waals surface area contributed by atoms with Crippen LogP contribution in [0.25, 0.3) is 0 Å². The molecular weight excluding hydrogens is 125 g/mol. The van der Waals surface area contributed by atoms with Gasteiger partial charge in [0.1, 0.15) is 0 Å². The zero-order valence-corrected chi connectivity index (χ0v) is 2.14. The fourth-order valence-corrected chi connectivity index (χ4v) is 0. The first-order valence-corrected chi connectivity index (χ1v) is 0.786. The summed E-state index contributed by atoms with van der Waals surface area (Å²) in [4.78, 5) is 10.9. The second kappa shape index (κ2) is 10.4. The number of hydrogen-bond acceptors (Lipinski definition) is 2. The molecule has 0 aromatic heterocycles. The van der Waals surface area contributed by atoms with E-state index in [1.54, 1.807) is 0 Å². The van der Waals surface area contributed by atoms with E-state index >= 15 is 0 Å². The molecule has 0 spiro atoms. The molecule has 6 heteroatoms. The van der Waals surface area contributed by atoms with Crippen molar-refractivity contribution in [3.63, 3.8) is 0 Å². The first-order chi connectivity index (χ1) is 2.27. The van der Waals surface area contributed by atoms with Gasteiger partial charge in [0.25, 0.3) is 0 Å². The molecule has 7 heavy (non-hydrogen) atoms. The van der Waals surface area contributed by atoms with E-state index < -0.39 is 6.16 Å². The van der Waals surface area contributed by atoms with Crippen LogP contribution in [0.3, 0.4) is 0 Å². The van der Waals surface area contributed by atoms with Crippen molar-refractivity contribution in [3.8, 4) is 0 Å². The first-order valence-electron chi connectivity index (χ1n) is 0.786. The molecule has 1 N–H and O–H groups in total. The summed E-state index contributed by atoms with van der Waals surface area (Å²) >= 11 is 0. The van der Waals surface area contributed by atoms with Crippen molar-refractivity contribution in [2.24, 2.45) is 0 Å². The van der Waals surface area contributed by atoms with Gasteiger partial charge in [-0.05, 0) is 0 Å². The van der Waals surface area contributed by atoms with E-state index in [-0.39, 0.29) is 70.2 Å². The molecular formula is CH3FKLiO3. The summed E-state index contributed by atoms with van der Waals surface area (Å²) in [6.45, 7) is 0. The van der Waals surface area contributed by atoms with Crippen LogP contribution in [0.5, 0.6) is 0 Å². The number of halogens is 1. The topological polar surface area (TPSA) is 46.5 Å². The standard InChI is InChI=1S/CHFO3.K.Li.2H/c2-5-1(3)4;;;;/h(H,3,4);;;;. The molecule has 0 saturated heterocycles. The van der Waals surface area contributed by atoms with Crippen molar-refractivity contribution < 1.29 is 19.4 Å². The second-order valence-corrected chi connectivity index (χ2v) is 0.343. The Morgan fingerprint density at radius 2 is 1.86 bits per heavy atom. The fraction of sp³-hybridized carbons (Fsp3) is 0. The van der Waals surface area contributed by atoms with Crippen molar-refractivity contribution in [1.82, 2.24) is 0 Å². The summed E-state index contributed by atoms with van der Waals surface area (Å²) < 4.78 is 10.0. The van der Waals surface area contributed by atoms with Crippen molar-refractivity contribution in [2.75, 3.05) is 0 Å². The summed E-state index contributed by atoms with van der Waals surface area (Å²) in [5.74, 6) is 0. The Labute approximate surface area is 94.1 Å². The molecule has 0 amide bonds. The molecule has 0 aromatic carbocycles. The summed E-state index contributed by atoms with van der Waals surface area (Å²) in [6, 6.07) is 0. The molecule has 0 atom stereocenters. The zero-order chi connectivity index (χ0) is 4.28. The average Bonchev–Trinajstić information content (AvgIpc) is 1.38. The number of rotatable bonds is 0. The van der Waals surface area contributed by atoms with E-state index in [2.05, 4.69) is 4.94 Å². The molecule has 3 nitrogen and oxygen atoms in total. The van der Waals surface area contributed by atoms with Crippen LogP contribution in [-0.2, 0) is 4.94 Å². The van der Waals surface area contributed by atoms with Crippen molar-refractivity contribution >= 4 is 76.4 Å². The van der Waals surface area contributed by atoms with E-state index in [1.807, 2.05) is 0 Å². The van der Waals surface area contributed by atoms with Gasteiger partial charge in [0.15, 0.2) is 0 Å². The Balaban J connectivity index is -0.0000000800. The molecule has 0 aromatic rings. The normalized spacial score (nSPS) is 4.71. The van der Waals surface area contributed by atoms with Crippen molar-refractivity contribution in [1.29, 1.82) is 0 Å². The average molecular weight is 128 g/mol. The summed E-state index contributed by atoms with van der Waals surface area (Å²) in [7, 11) is 0. The van der Waals surface area contributed by atoms with Crippen LogP contribution in [0.2, 0.25) is 0 Å². The van der Waals surface area contributed by atoms with E-state index in [1.165, 1.54) is 0 Å². The quantitative estimate of drug-likeness (QED) is 0.437. The maximum atomic E-state index is 10.0. The molecule has 0 heterocycles. The van der Waals surface area contributed by atoms with Gasteiger partial charge in [-0.15, -0.1) is 0 Å². The van der Waals surface area contributed by atoms with Gasteiger partial charge in [0.2, 0.25) is 0 Å². The van der Waals surface area contributed by atoms with Gasteiger partial charge < -0.3 is 5.11 Å². The number of carboxylic acid groups (broad SMARTS) is 1. The molecule has 0 aliphatic carbocycles. The van der Waals surface area contributed by atoms with Crippen LogP contribution in [0.1, 0.15) is 0 Å². The van der Waals surface area contributed by atoms with E-state index in [0.29, 0.717) is 0 Å². The van der Waals surface area contributed by atoms with Gasteiger partial charge in [-0.3, -0.25) is 0 Å². The van der Waals surface area contributed by atoms with Gasteiger partial charge in [0, 0.05) is 4.53 Å². The molecule has 0 unspecified atom stereocenters. The van der Waals surface area contributed by atoms with Crippen molar-refractivity contribution in [2.45, 2.75) is 0 Å². The van der Waals surface area contributed by atoms with Gasteiger partial charge >= 0.3 is 76.4 Å². The van der Waals surface area contributed by atoms with Crippen LogP contribution in [0, 0.1) is 0 Å². The van der Waals surface area contributed by atoms with Crippen LogP contribution < -0.4 is 0 Å². The second-order valence-electron chi connectivity index (χ2n) is 0.343. The van der Waals surface area contributed by atoms with Crippen molar-refractivity contribution in [3.05, 3.63) is 0 Å². The zero-order valence-electron chi connectivity index (χ0n) is 2.14. The van der Waals surface area contributed by atoms with E-state index in [0.717, 1.165) is 0 Å². The predicted octanol–water partition coefficient (Wildman–Crippen LogP) is -0.732. The molecule has 0 saturated carbocycles. The third-order valence-electron chi connectivity index (χ3n) is 0.0660. The molecule has 0 aliphatic rings. The molecule has 0 aliphatic heterocycles. The van der Waals surface area contributed by atoms with Crippen LogP contribution in [0.15, 0.2) is 0 Å². The predicted molar refractivity (Wildman–Crippen MR) is 24.5 cm³/mol. The minimum atomic E-state index is -1.91. The van der Waals surface area contributed by atoms with Gasteiger partial charge in [-0.1, -0.05) is 0 Å². The molecule has 0 bridgehead atoms. The number of carbonyl (C=O) groups is 1. The molecule has 0 rings (SSSR count). The third kappa shape index (κ3) is 18.6. The Morgan fingerprint density at radius 3 is 1.86 bits per heavy atom. The van der Waals surface area contributed by atoms with E-state index in [4.69, 9.17) is 9.90 Å². The summed E-state index contributed by atoms with van der Waals surface area (Å²) in [6.07, 6.45) is -1.91. The molecule has 0 fully saturated rings. The SMILES string of the molecule is O=C(O)OF.[KH].[LiH]. The molecule has 0 radical (unpaired) electrons. The fourth-order valence-electron chi connectivity index (χ4n) is 0. The number of hydrogen-bond donors (Lipinski definition) is 1. The Kier molecular flexibility index (Phi) is 23.5. The maximum absolute atomic E-state index is 10.0. The van der Waals surface area contributed by atoms with Crippen LogP contribution in [-0.4, -0.2) is 81.5 Å². The third-order valence-corrected chi connectivity index (χ3v) is 0.0660. The Morgan fingerprint density at radius 1 is 1.71 bits per heavy atom. The van der Waals surface area contributed by atoms with Crippen LogP contribution in [0.4, 0.5) is 9.32 Å². The molecule has 34 valence electrons. The summed E-state index contributed by atoms with van der Waals surface area (Å²) in [5.41, 5.74) is 0. The monoisotopic (exact) mass is 128 g/mol.